The summed E-state index contributed by atoms with van der Waals surface area (Å²) in [6, 6.07) is 0. The van der Waals surface area contributed by atoms with Crippen molar-refractivity contribution in [2.45, 2.75) is 64.9 Å². The van der Waals surface area contributed by atoms with Crippen LogP contribution >= 0.6 is 0 Å². The summed E-state index contributed by atoms with van der Waals surface area (Å²) in [6.45, 7) is 6.53. The second-order valence-corrected chi connectivity index (χ2v) is 4.79. The van der Waals surface area contributed by atoms with E-state index in [0.717, 1.165) is 12.3 Å². The summed E-state index contributed by atoms with van der Waals surface area (Å²) in [4.78, 5) is 0. The molecule has 0 aromatic carbocycles. The summed E-state index contributed by atoms with van der Waals surface area (Å²) in [6.07, 6.45) is 7.21. The lowest BCUT2D eigenvalue weighted by atomic mass is 9.69. The van der Waals surface area contributed by atoms with E-state index in [2.05, 4.69) is 13.8 Å². The molecule has 1 N–H and O–H groups in total. The van der Waals surface area contributed by atoms with Gasteiger partial charge in [-0.2, -0.15) is 0 Å². The standard InChI is InChI=1S/C12H24O/c1-4-10(5-2)11-8-6-7-9-12(11,3)13/h10-11,13H,4-9H2,1-3H3/t11-,12+/m0/s1. The van der Waals surface area contributed by atoms with E-state index in [1.807, 2.05) is 6.92 Å². The van der Waals surface area contributed by atoms with Crippen molar-refractivity contribution in [3.05, 3.63) is 0 Å². The molecule has 13 heavy (non-hydrogen) atoms. The van der Waals surface area contributed by atoms with Crippen molar-refractivity contribution in [1.29, 1.82) is 0 Å². The molecule has 2 atom stereocenters. The Morgan fingerprint density at radius 3 is 2.38 bits per heavy atom. The van der Waals surface area contributed by atoms with Crippen molar-refractivity contribution in [3.63, 3.8) is 0 Å². The second kappa shape index (κ2) is 4.45. The van der Waals surface area contributed by atoms with Gasteiger partial charge in [0.05, 0.1) is 5.60 Å². The molecule has 0 unspecified atom stereocenters. The summed E-state index contributed by atoms with van der Waals surface area (Å²) < 4.78 is 0. The third-order valence-corrected chi connectivity index (χ3v) is 3.86. The van der Waals surface area contributed by atoms with Crippen LogP contribution in [0.5, 0.6) is 0 Å². The Labute approximate surface area is 82.5 Å². The number of hydrogen-bond donors (Lipinski definition) is 1. The van der Waals surface area contributed by atoms with Gasteiger partial charge in [-0.1, -0.05) is 39.5 Å². The fourth-order valence-corrected chi connectivity index (χ4v) is 2.94. The molecule has 0 bridgehead atoms. The summed E-state index contributed by atoms with van der Waals surface area (Å²) >= 11 is 0. The van der Waals surface area contributed by atoms with Gasteiger partial charge < -0.3 is 5.11 Å². The van der Waals surface area contributed by atoms with Gasteiger partial charge in [0.15, 0.2) is 0 Å². The maximum atomic E-state index is 10.3. The van der Waals surface area contributed by atoms with Crippen molar-refractivity contribution in [2.75, 3.05) is 0 Å². The first-order chi connectivity index (χ1) is 6.11. The van der Waals surface area contributed by atoms with Gasteiger partial charge in [-0.05, 0) is 31.6 Å². The highest BCUT2D eigenvalue weighted by molar-refractivity contribution is 4.89. The first-order valence-corrected chi connectivity index (χ1v) is 5.84. The SMILES string of the molecule is CCC(CC)[C@@H]1CCCC[C@@]1(C)O. The van der Waals surface area contributed by atoms with Crippen molar-refractivity contribution in [2.24, 2.45) is 11.8 Å². The van der Waals surface area contributed by atoms with Crippen molar-refractivity contribution in [1.82, 2.24) is 0 Å². The van der Waals surface area contributed by atoms with Crippen molar-refractivity contribution >= 4 is 0 Å². The van der Waals surface area contributed by atoms with Crippen LogP contribution in [-0.2, 0) is 0 Å². The highest BCUT2D eigenvalue weighted by atomic mass is 16.3. The zero-order valence-corrected chi connectivity index (χ0v) is 9.34. The highest BCUT2D eigenvalue weighted by Gasteiger charge is 2.37. The molecule has 0 aromatic rings. The quantitative estimate of drug-likeness (QED) is 0.713. The van der Waals surface area contributed by atoms with Gasteiger partial charge in [0, 0.05) is 0 Å². The van der Waals surface area contributed by atoms with Gasteiger partial charge in [-0.15, -0.1) is 0 Å². The summed E-state index contributed by atoms with van der Waals surface area (Å²) in [5, 5.41) is 10.3. The normalized spacial score (nSPS) is 35.3. The maximum absolute atomic E-state index is 10.3. The molecule has 78 valence electrons. The number of rotatable bonds is 3. The molecule has 1 fully saturated rings. The Morgan fingerprint density at radius 1 is 1.31 bits per heavy atom. The van der Waals surface area contributed by atoms with E-state index in [1.54, 1.807) is 0 Å². The minimum atomic E-state index is -0.380. The molecule has 0 amide bonds. The lowest BCUT2D eigenvalue weighted by Gasteiger charge is -2.41. The Bertz CT molecular complexity index is 147. The summed E-state index contributed by atoms with van der Waals surface area (Å²) in [5.41, 5.74) is -0.380. The minimum absolute atomic E-state index is 0.380. The van der Waals surface area contributed by atoms with Gasteiger partial charge in [-0.25, -0.2) is 0 Å². The molecule has 0 heterocycles. The molecule has 0 radical (unpaired) electrons. The van der Waals surface area contributed by atoms with Crippen LogP contribution in [0.3, 0.4) is 0 Å². The van der Waals surface area contributed by atoms with Crippen LogP contribution in [-0.4, -0.2) is 10.7 Å². The third-order valence-electron chi connectivity index (χ3n) is 3.86. The van der Waals surface area contributed by atoms with Crippen LogP contribution in [0.15, 0.2) is 0 Å². The fraction of sp³-hybridized carbons (Fsp3) is 1.00. The van der Waals surface area contributed by atoms with Gasteiger partial charge in [0.2, 0.25) is 0 Å². The Morgan fingerprint density at radius 2 is 1.92 bits per heavy atom. The molecule has 1 rings (SSSR count). The molecule has 1 nitrogen and oxygen atoms in total. The molecular weight excluding hydrogens is 160 g/mol. The van der Waals surface area contributed by atoms with Crippen molar-refractivity contribution < 1.29 is 5.11 Å². The topological polar surface area (TPSA) is 20.2 Å². The van der Waals surface area contributed by atoms with Crippen LogP contribution in [0.25, 0.3) is 0 Å². The average Bonchev–Trinajstić information content (AvgIpc) is 2.09. The molecular formula is C12H24O. The van der Waals surface area contributed by atoms with E-state index in [-0.39, 0.29) is 5.60 Å². The predicted molar refractivity (Wildman–Crippen MR) is 56.7 cm³/mol. The van der Waals surface area contributed by atoms with Crippen LogP contribution in [0.2, 0.25) is 0 Å². The van der Waals surface area contributed by atoms with E-state index in [9.17, 15) is 5.11 Å². The van der Waals surface area contributed by atoms with Gasteiger partial charge in [0.1, 0.15) is 0 Å². The minimum Gasteiger partial charge on any atom is -0.390 e. The van der Waals surface area contributed by atoms with E-state index in [1.165, 1.54) is 32.1 Å². The zero-order chi connectivity index (χ0) is 9.90. The van der Waals surface area contributed by atoms with E-state index >= 15 is 0 Å². The van der Waals surface area contributed by atoms with Gasteiger partial charge in [0.25, 0.3) is 0 Å². The summed E-state index contributed by atoms with van der Waals surface area (Å²) in [7, 11) is 0. The van der Waals surface area contributed by atoms with Gasteiger partial charge in [-0.3, -0.25) is 0 Å². The lowest BCUT2D eigenvalue weighted by molar-refractivity contribution is -0.0576. The van der Waals surface area contributed by atoms with Crippen LogP contribution in [0.1, 0.15) is 59.3 Å². The monoisotopic (exact) mass is 184 g/mol. The predicted octanol–water partition coefficient (Wildman–Crippen LogP) is 3.36. The molecule has 0 spiro atoms. The van der Waals surface area contributed by atoms with Gasteiger partial charge >= 0.3 is 0 Å². The second-order valence-electron chi connectivity index (χ2n) is 4.79. The van der Waals surface area contributed by atoms with E-state index in [0.29, 0.717) is 5.92 Å². The fourth-order valence-electron chi connectivity index (χ4n) is 2.94. The maximum Gasteiger partial charge on any atom is 0.0650 e. The van der Waals surface area contributed by atoms with E-state index in [4.69, 9.17) is 0 Å². The highest BCUT2D eigenvalue weighted by Crippen LogP contribution is 2.40. The van der Waals surface area contributed by atoms with Crippen LogP contribution in [0.4, 0.5) is 0 Å². The van der Waals surface area contributed by atoms with Crippen LogP contribution in [0, 0.1) is 11.8 Å². The molecule has 1 heteroatoms. The third kappa shape index (κ3) is 2.46. The molecule has 1 aliphatic carbocycles. The molecule has 1 saturated carbocycles. The Kier molecular flexibility index (Phi) is 3.78. The largest absolute Gasteiger partial charge is 0.390 e. The molecule has 1 aliphatic rings. The summed E-state index contributed by atoms with van der Waals surface area (Å²) in [5.74, 6) is 1.28. The van der Waals surface area contributed by atoms with Crippen molar-refractivity contribution in [3.8, 4) is 0 Å². The van der Waals surface area contributed by atoms with Crippen LogP contribution < -0.4 is 0 Å². The molecule has 0 saturated heterocycles. The Balaban J connectivity index is 2.63. The first-order valence-electron chi connectivity index (χ1n) is 5.84. The molecule has 0 aromatic heterocycles. The molecule has 0 aliphatic heterocycles. The number of aliphatic hydroxyl groups is 1. The average molecular weight is 184 g/mol. The Hall–Kier alpha value is -0.0400. The smallest absolute Gasteiger partial charge is 0.0650 e. The lowest BCUT2D eigenvalue weighted by Crippen LogP contribution is -2.41. The first kappa shape index (κ1) is 11.0. The zero-order valence-electron chi connectivity index (χ0n) is 9.34. The van der Waals surface area contributed by atoms with E-state index < -0.39 is 0 Å². The number of hydrogen-bond acceptors (Lipinski definition) is 1.